The molecule has 8 nitrogen and oxygen atoms in total. The van der Waals surface area contributed by atoms with Crippen molar-refractivity contribution in [2.75, 3.05) is 7.11 Å². The van der Waals surface area contributed by atoms with Crippen LogP contribution in [0.1, 0.15) is 24.3 Å². The molecular weight excluding hydrogens is 562 g/mol. The maximum atomic E-state index is 13.1. The highest BCUT2D eigenvalue weighted by Crippen LogP contribution is 2.56. The molecule has 0 bridgehead atoms. The number of hydroxylamine groups is 2. The van der Waals surface area contributed by atoms with E-state index in [1.54, 1.807) is 12.1 Å². The average Bonchev–Trinajstić information content (AvgIpc) is 3.02. The van der Waals surface area contributed by atoms with Gasteiger partial charge in [-0.15, -0.1) is 0 Å². The lowest BCUT2D eigenvalue weighted by atomic mass is 9.59. The van der Waals surface area contributed by atoms with Crippen LogP contribution in [0.3, 0.4) is 0 Å². The predicted molar refractivity (Wildman–Crippen MR) is 121 cm³/mol. The molecule has 4 atom stereocenters. The molecule has 1 aromatic carbocycles. The van der Waals surface area contributed by atoms with E-state index in [0.29, 0.717) is 15.6 Å². The molecule has 2 N–H and O–H groups in total. The smallest absolute Gasteiger partial charge is 0.257 e. The van der Waals surface area contributed by atoms with E-state index in [1.807, 2.05) is 6.08 Å². The van der Waals surface area contributed by atoms with Gasteiger partial charge in [-0.2, -0.15) is 5.06 Å². The van der Waals surface area contributed by atoms with Crippen LogP contribution >= 0.6 is 31.9 Å². The molecule has 2 amide bonds. The Hall–Kier alpha value is -2.56. The fourth-order valence-electron chi connectivity index (χ4n) is 5.49. The third-order valence-electron chi connectivity index (χ3n) is 6.91. The van der Waals surface area contributed by atoms with Crippen LogP contribution in [0.2, 0.25) is 0 Å². The number of carbonyl (C=O) groups is 4. The number of amides is 2. The zero-order valence-electron chi connectivity index (χ0n) is 17.2. The molecule has 0 saturated carbocycles. The van der Waals surface area contributed by atoms with Crippen molar-refractivity contribution in [3.8, 4) is 11.5 Å². The normalized spacial score (nSPS) is 28.9. The van der Waals surface area contributed by atoms with Crippen molar-refractivity contribution in [1.29, 1.82) is 0 Å². The van der Waals surface area contributed by atoms with Gasteiger partial charge in [0.2, 0.25) is 0 Å². The monoisotopic (exact) mass is 577 g/mol. The van der Waals surface area contributed by atoms with E-state index in [2.05, 4.69) is 31.9 Å². The van der Waals surface area contributed by atoms with E-state index in [4.69, 9.17) is 4.74 Å². The number of ketones is 2. The Balaban J connectivity index is 1.74. The number of methoxy groups -OCH3 is 1. The first-order valence-electron chi connectivity index (χ1n) is 10.2. The molecule has 0 aromatic heterocycles. The van der Waals surface area contributed by atoms with Crippen LogP contribution < -0.4 is 4.74 Å². The zero-order valence-corrected chi connectivity index (χ0v) is 20.3. The maximum Gasteiger partial charge on any atom is 0.257 e. The number of phenols is 1. The third kappa shape index (κ3) is 3.11. The first-order valence-corrected chi connectivity index (χ1v) is 11.8. The Morgan fingerprint density at radius 3 is 2.52 bits per heavy atom. The van der Waals surface area contributed by atoms with Gasteiger partial charge in [-0.05, 0) is 68.3 Å². The lowest BCUT2D eigenvalue weighted by Crippen LogP contribution is -2.39. The number of nitrogens with zero attached hydrogens (tertiary/aromatic N) is 1. The lowest BCUT2D eigenvalue weighted by molar-refractivity contribution is -0.173. The number of benzene rings is 1. The van der Waals surface area contributed by atoms with Crippen molar-refractivity contribution in [2.45, 2.75) is 18.8 Å². The van der Waals surface area contributed by atoms with Gasteiger partial charge in [0, 0.05) is 23.1 Å². The van der Waals surface area contributed by atoms with E-state index in [1.165, 1.54) is 13.2 Å². The second-order valence-corrected chi connectivity index (χ2v) is 10.1. The Bertz CT molecular complexity index is 1260. The standard InChI is InChI=1S/C23H17Br2NO7/c1-33-16-5-8(4-13(24)21(16)29)17-9-2-3-10-18(23(31)26(32)22(10)30)11(9)6-12-19(17)15(27)7-14(25)20(12)28/h2,4-5,7,10-11,17-18,29,32H,3,6H2,1H3/t10-,11+,17-,18-/m0/s1. The highest BCUT2D eigenvalue weighted by atomic mass is 79.9. The molecule has 4 aliphatic rings. The van der Waals surface area contributed by atoms with Crippen LogP contribution in [-0.4, -0.2) is 45.9 Å². The van der Waals surface area contributed by atoms with Gasteiger partial charge in [-0.25, -0.2) is 0 Å². The number of aromatic hydroxyl groups is 1. The summed E-state index contributed by atoms with van der Waals surface area (Å²) in [5, 5.41) is 20.4. The summed E-state index contributed by atoms with van der Waals surface area (Å²) in [5.74, 6) is -4.73. The summed E-state index contributed by atoms with van der Waals surface area (Å²) in [6.45, 7) is 0. The van der Waals surface area contributed by atoms with Crippen LogP contribution in [0, 0.1) is 17.8 Å². The summed E-state index contributed by atoms with van der Waals surface area (Å²) >= 11 is 6.48. The number of imide groups is 1. The van der Waals surface area contributed by atoms with Crippen LogP contribution in [0.25, 0.3) is 0 Å². The highest BCUT2D eigenvalue weighted by Gasteiger charge is 2.56. The summed E-state index contributed by atoms with van der Waals surface area (Å²) in [4.78, 5) is 51.4. The first kappa shape index (κ1) is 22.2. The largest absolute Gasteiger partial charge is 0.503 e. The molecule has 0 unspecified atom stereocenters. The van der Waals surface area contributed by atoms with E-state index < -0.39 is 35.5 Å². The number of rotatable bonds is 2. The molecular formula is C23H17Br2NO7. The fourth-order valence-corrected chi connectivity index (χ4v) is 6.39. The first-order chi connectivity index (χ1) is 15.6. The fraction of sp³-hybridized carbons (Fsp3) is 0.304. The van der Waals surface area contributed by atoms with Gasteiger partial charge in [0.15, 0.2) is 23.1 Å². The van der Waals surface area contributed by atoms with Gasteiger partial charge in [0.05, 0.1) is 27.9 Å². The minimum Gasteiger partial charge on any atom is -0.503 e. The molecule has 1 fully saturated rings. The molecule has 33 heavy (non-hydrogen) atoms. The number of Topliss-reactive ketones (excluding diaryl/α,β-unsaturated/α-hetero) is 1. The number of hydrogen-bond donors (Lipinski definition) is 2. The molecule has 0 radical (unpaired) electrons. The SMILES string of the molecule is COc1cc([C@H]2C3=CC[C@@H]4C(=O)N(O)C(=O)[C@@H]4[C@@H]3CC3=C2C(=O)C=C(Br)C3=O)cc(Br)c1O. The number of allylic oxidation sites excluding steroid dienone is 6. The van der Waals surface area contributed by atoms with E-state index in [0.717, 1.165) is 5.57 Å². The summed E-state index contributed by atoms with van der Waals surface area (Å²) in [6, 6.07) is 3.24. The van der Waals surface area contributed by atoms with Crippen molar-refractivity contribution < 1.29 is 34.2 Å². The molecule has 1 aliphatic heterocycles. The molecule has 5 rings (SSSR count). The molecule has 1 heterocycles. The van der Waals surface area contributed by atoms with E-state index in [-0.39, 0.29) is 51.0 Å². The van der Waals surface area contributed by atoms with Crippen LogP contribution in [0.4, 0.5) is 0 Å². The second kappa shape index (κ2) is 7.75. The predicted octanol–water partition coefficient (Wildman–Crippen LogP) is 3.31. The molecule has 170 valence electrons. The van der Waals surface area contributed by atoms with Crippen LogP contribution in [0.15, 0.2) is 50.0 Å². The van der Waals surface area contributed by atoms with Gasteiger partial charge in [-0.3, -0.25) is 24.4 Å². The number of phenolic OH excluding ortho intramolecular Hbond substituents is 1. The Kier molecular flexibility index (Phi) is 5.22. The maximum absolute atomic E-state index is 13.1. The number of carbonyl (C=O) groups excluding carboxylic acids is 4. The van der Waals surface area contributed by atoms with Gasteiger partial charge in [-0.1, -0.05) is 11.6 Å². The van der Waals surface area contributed by atoms with E-state index in [9.17, 15) is 29.5 Å². The highest BCUT2D eigenvalue weighted by molar-refractivity contribution is 9.12. The van der Waals surface area contributed by atoms with Gasteiger partial charge in [0.25, 0.3) is 11.8 Å². The van der Waals surface area contributed by atoms with Crippen LogP contribution in [0.5, 0.6) is 11.5 Å². The number of hydrogen-bond acceptors (Lipinski definition) is 7. The van der Waals surface area contributed by atoms with Gasteiger partial charge >= 0.3 is 0 Å². The van der Waals surface area contributed by atoms with Gasteiger partial charge < -0.3 is 9.84 Å². The summed E-state index contributed by atoms with van der Waals surface area (Å²) in [5.41, 5.74) is 1.91. The quantitative estimate of drug-likeness (QED) is 0.239. The number of ether oxygens (including phenoxy) is 1. The lowest BCUT2D eigenvalue weighted by Gasteiger charge is -2.42. The molecule has 1 aromatic rings. The minimum atomic E-state index is -0.825. The summed E-state index contributed by atoms with van der Waals surface area (Å²) in [7, 11) is 1.40. The second-order valence-electron chi connectivity index (χ2n) is 8.44. The van der Waals surface area contributed by atoms with Crippen molar-refractivity contribution in [2.24, 2.45) is 17.8 Å². The number of fused-ring (bicyclic) bond motifs is 3. The van der Waals surface area contributed by atoms with Crippen molar-refractivity contribution in [1.82, 2.24) is 5.06 Å². The van der Waals surface area contributed by atoms with Crippen molar-refractivity contribution in [3.05, 3.63) is 55.5 Å². The Morgan fingerprint density at radius 2 is 1.82 bits per heavy atom. The average molecular weight is 579 g/mol. The molecule has 3 aliphatic carbocycles. The number of halogens is 2. The topological polar surface area (TPSA) is 121 Å². The third-order valence-corrected chi connectivity index (χ3v) is 8.11. The van der Waals surface area contributed by atoms with Crippen LogP contribution in [-0.2, 0) is 19.2 Å². The summed E-state index contributed by atoms with van der Waals surface area (Å²) in [6.07, 6.45) is 3.42. The van der Waals surface area contributed by atoms with E-state index >= 15 is 0 Å². The van der Waals surface area contributed by atoms with Gasteiger partial charge in [0.1, 0.15) is 0 Å². The molecule has 0 spiro atoms. The van der Waals surface area contributed by atoms with Crippen molar-refractivity contribution in [3.63, 3.8) is 0 Å². The van der Waals surface area contributed by atoms with Crippen molar-refractivity contribution >= 4 is 55.2 Å². The molecule has 10 heteroatoms. The molecule has 1 saturated heterocycles. The Morgan fingerprint density at radius 1 is 1.09 bits per heavy atom. The summed E-state index contributed by atoms with van der Waals surface area (Å²) < 4.78 is 5.76. The minimum absolute atomic E-state index is 0.107. The Labute approximate surface area is 204 Å². The zero-order chi connectivity index (χ0) is 23.8.